The smallest absolute Gasteiger partial charge is 0.223 e. The van der Waals surface area contributed by atoms with Crippen molar-refractivity contribution in [1.82, 2.24) is 5.32 Å². The predicted molar refractivity (Wildman–Crippen MR) is 70.3 cm³/mol. The van der Waals surface area contributed by atoms with E-state index >= 15 is 0 Å². The summed E-state index contributed by atoms with van der Waals surface area (Å²) in [4.78, 5) is 11.8. The summed E-state index contributed by atoms with van der Waals surface area (Å²) in [5, 5.41) is 2.96. The summed E-state index contributed by atoms with van der Waals surface area (Å²) < 4.78 is 5.24. The van der Waals surface area contributed by atoms with Crippen molar-refractivity contribution in [2.75, 3.05) is 19.8 Å². The molecule has 1 unspecified atom stereocenters. The molecular formula is C13H24ClNO2. The van der Waals surface area contributed by atoms with Crippen LogP contribution >= 0.6 is 11.6 Å². The van der Waals surface area contributed by atoms with Gasteiger partial charge in [0.2, 0.25) is 5.91 Å². The van der Waals surface area contributed by atoms with Crippen molar-refractivity contribution in [1.29, 1.82) is 0 Å². The Labute approximate surface area is 109 Å². The molecule has 1 atom stereocenters. The van der Waals surface area contributed by atoms with Gasteiger partial charge < -0.3 is 10.1 Å². The van der Waals surface area contributed by atoms with Crippen molar-refractivity contribution in [2.24, 2.45) is 11.3 Å². The summed E-state index contributed by atoms with van der Waals surface area (Å²) in [6.45, 7) is 8.43. The van der Waals surface area contributed by atoms with Crippen LogP contribution in [0.2, 0.25) is 0 Å². The fraction of sp³-hybridized carbons (Fsp3) is 0.923. The summed E-state index contributed by atoms with van der Waals surface area (Å²) >= 11 is 6.21. The molecule has 0 radical (unpaired) electrons. The van der Waals surface area contributed by atoms with E-state index in [0.29, 0.717) is 19.8 Å². The minimum atomic E-state index is 0.0128. The Balaban J connectivity index is 2.22. The van der Waals surface area contributed by atoms with Gasteiger partial charge in [0.15, 0.2) is 0 Å². The Morgan fingerprint density at radius 2 is 2.00 bits per heavy atom. The maximum atomic E-state index is 11.8. The van der Waals surface area contributed by atoms with E-state index in [9.17, 15) is 4.79 Å². The van der Waals surface area contributed by atoms with Gasteiger partial charge in [0.05, 0.1) is 5.38 Å². The lowest BCUT2D eigenvalue weighted by Gasteiger charge is -2.24. The third-order valence-electron chi connectivity index (χ3n) is 2.92. The quantitative estimate of drug-likeness (QED) is 0.790. The highest BCUT2D eigenvalue weighted by Gasteiger charge is 2.23. The van der Waals surface area contributed by atoms with Crippen LogP contribution in [-0.2, 0) is 9.53 Å². The van der Waals surface area contributed by atoms with Crippen molar-refractivity contribution in [3.63, 3.8) is 0 Å². The Kier molecular flexibility index (Phi) is 5.74. The van der Waals surface area contributed by atoms with E-state index in [4.69, 9.17) is 16.3 Å². The average Bonchev–Trinajstić information content (AvgIpc) is 2.25. The zero-order valence-corrected chi connectivity index (χ0v) is 11.8. The molecule has 0 spiro atoms. The number of amides is 1. The average molecular weight is 262 g/mol. The van der Waals surface area contributed by atoms with Crippen LogP contribution in [0.3, 0.4) is 0 Å². The molecule has 100 valence electrons. The van der Waals surface area contributed by atoms with E-state index in [1.165, 1.54) is 0 Å². The third kappa shape index (κ3) is 6.27. The molecule has 0 saturated carbocycles. The molecule has 1 aliphatic rings. The molecule has 1 saturated heterocycles. The van der Waals surface area contributed by atoms with Crippen LogP contribution in [0.25, 0.3) is 0 Å². The van der Waals surface area contributed by atoms with Crippen molar-refractivity contribution in [3.8, 4) is 0 Å². The first-order valence-electron chi connectivity index (χ1n) is 6.38. The molecule has 1 rings (SSSR count). The van der Waals surface area contributed by atoms with E-state index in [0.717, 1.165) is 19.3 Å². The molecule has 0 bridgehead atoms. The highest BCUT2D eigenvalue weighted by Crippen LogP contribution is 2.23. The topological polar surface area (TPSA) is 38.3 Å². The summed E-state index contributed by atoms with van der Waals surface area (Å²) in [5.41, 5.74) is 0.204. The lowest BCUT2D eigenvalue weighted by molar-refractivity contribution is -0.127. The SMILES string of the molecule is CC(C)(C)CC(Cl)CNC(=O)C1CCOCC1. The fourth-order valence-corrected chi connectivity index (χ4v) is 2.59. The van der Waals surface area contributed by atoms with Crippen LogP contribution in [0, 0.1) is 11.3 Å². The molecule has 0 aromatic carbocycles. The molecule has 0 aliphatic carbocycles. The normalized spacial score (nSPS) is 20.0. The maximum absolute atomic E-state index is 11.8. The minimum Gasteiger partial charge on any atom is -0.381 e. The number of hydrogen-bond acceptors (Lipinski definition) is 2. The lowest BCUT2D eigenvalue weighted by atomic mass is 9.90. The van der Waals surface area contributed by atoms with E-state index in [1.54, 1.807) is 0 Å². The minimum absolute atomic E-state index is 0.0128. The number of halogens is 1. The van der Waals surface area contributed by atoms with Crippen molar-refractivity contribution in [2.45, 2.75) is 45.4 Å². The Morgan fingerprint density at radius 3 is 2.53 bits per heavy atom. The van der Waals surface area contributed by atoms with E-state index in [-0.39, 0.29) is 22.6 Å². The van der Waals surface area contributed by atoms with Gasteiger partial charge in [-0.2, -0.15) is 0 Å². The zero-order valence-electron chi connectivity index (χ0n) is 11.1. The maximum Gasteiger partial charge on any atom is 0.223 e. The molecule has 4 heteroatoms. The van der Waals surface area contributed by atoms with Crippen molar-refractivity contribution < 1.29 is 9.53 Å². The Hall–Kier alpha value is -0.280. The summed E-state index contributed by atoms with van der Waals surface area (Å²) in [6.07, 6.45) is 2.57. The number of carbonyl (C=O) groups is 1. The molecule has 1 fully saturated rings. The van der Waals surface area contributed by atoms with E-state index in [2.05, 4.69) is 26.1 Å². The fourth-order valence-electron chi connectivity index (χ4n) is 2.05. The number of nitrogens with one attached hydrogen (secondary N) is 1. The molecule has 1 heterocycles. The Morgan fingerprint density at radius 1 is 1.41 bits per heavy atom. The van der Waals surface area contributed by atoms with Crippen LogP contribution in [0.4, 0.5) is 0 Å². The number of hydrogen-bond donors (Lipinski definition) is 1. The molecule has 1 aliphatic heterocycles. The van der Waals surface area contributed by atoms with Crippen LogP contribution < -0.4 is 5.32 Å². The number of carbonyl (C=O) groups excluding carboxylic acids is 1. The van der Waals surface area contributed by atoms with E-state index < -0.39 is 0 Å². The van der Waals surface area contributed by atoms with Gasteiger partial charge in [0.25, 0.3) is 0 Å². The van der Waals surface area contributed by atoms with Gasteiger partial charge in [0, 0.05) is 25.7 Å². The van der Waals surface area contributed by atoms with Gasteiger partial charge in [0.1, 0.15) is 0 Å². The first-order valence-corrected chi connectivity index (χ1v) is 6.81. The highest BCUT2D eigenvalue weighted by atomic mass is 35.5. The van der Waals surface area contributed by atoms with Gasteiger partial charge in [-0.1, -0.05) is 20.8 Å². The van der Waals surface area contributed by atoms with Crippen molar-refractivity contribution >= 4 is 17.5 Å². The van der Waals surface area contributed by atoms with Crippen LogP contribution in [-0.4, -0.2) is 31.0 Å². The number of rotatable bonds is 4. The van der Waals surface area contributed by atoms with E-state index in [1.807, 2.05) is 0 Å². The largest absolute Gasteiger partial charge is 0.381 e. The van der Waals surface area contributed by atoms with Gasteiger partial charge in [-0.15, -0.1) is 11.6 Å². The number of alkyl halides is 1. The van der Waals surface area contributed by atoms with Crippen LogP contribution in [0.1, 0.15) is 40.0 Å². The molecule has 17 heavy (non-hydrogen) atoms. The van der Waals surface area contributed by atoms with Gasteiger partial charge >= 0.3 is 0 Å². The first kappa shape index (κ1) is 14.8. The third-order valence-corrected chi connectivity index (χ3v) is 3.23. The molecule has 1 amide bonds. The lowest BCUT2D eigenvalue weighted by Crippen LogP contribution is -2.38. The Bertz CT molecular complexity index is 244. The van der Waals surface area contributed by atoms with Gasteiger partial charge in [-0.3, -0.25) is 4.79 Å². The summed E-state index contributed by atoms with van der Waals surface area (Å²) in [6, 6.07) is 0. The molecule has 0 aromatic rings. The van der Waals surface area contributed by atoms with Crippen LogP contribution in [0.15, 0.2) is 0 Å². The number of ether oxygens (including phenoxy) is 1. The molecule has 0 aromatic heterocycles. The molecular weight excluding hydrogens is 238 g/mol. The van der Waals surface area contributed by atoms with Gasteiger partial charge in [-0.05, 0) is 24.7 Å². The predicted octanol–water partition coefficient (Wildman–Crippen LogP) is 2.57. The van der Waals surface area contributed by atoms with Gasteiger partial charge in [-0.25, -0.2) is 0 Å². The summed E-state index contributed by atoms with van der Waals surface area (Å²) in [5.74, 6) is 0.245. The van der Waals surface area contributed by atoms with Crippen molar-refractivity contribution in [3.05, 3.63) is 0 Å². The zero-order chi connectivity index (χ0) is 12.9. The monoisotopic (exact) mass is 261 g/mol. The second kappa shape index (κ2) is 6.60. The first-order chi connectivity index (χ1) is 7.88. The molecule has 3 nitrogen and oxygen atoms in total. The second-order valence-corrected chi connectivity index (χ2v) is 6.61. The second-order valence-electron chi connectivity index (χ2n) is 5.99. The summed E-state index contributed by atoms with van der Waals surface area (Å²) in [7, 11) is 0. The standard InChI is InChI=1S/C13H24ClNO2/c1-13(2,3)8-11(14)9-15-12(16)10-4-6-17-7-5-10/h10-11H,4-9H2,1-3H3,(H,15,16). The van der Waals surface area contributed by atoms with Crippen LogP contribution in [0.5, 0.6) is 0 Å². The highest BCUT2D eigenvalue weighted by molar-refractivity contribution is 6.20. The molecule has 1 N–H and O–H groups in total.